The van der Waals surface area contributed by atoms with Crippen molar-refractivity contribution in [2.24, 2.45) is 5.73 Å². The van der Waals surface area contributed by atoms with Crippen molar-refractivity contribution in [3.63, 3.8) is 0 Å². The number of ether oxygens (including phenoxy) is 1. The van der Waals surface area contributed by atoms with E-state index < -0.39 is 0 Å². The van der Waals surface area contributed by atoms with Gasteiger partial charge in [-0.05, 0) is 40.5 Å². The fraction of sp³-hybridized carbons (Fsp3) is 1.00. The molecule has 0 aliphatic carbocycles. The molecule has 0 bridgehead atoms. The van der Waals surface area contributed by atoms with Gasteiger partial charge in [0.05, 0.1) is 12.7 Å². The highest BCUT2D eigenvalue weighted by Gasteiger charge is 2.47. The minimum absolute atomic E-state index is 0.0910. The molecule has 2 unspecified atom stereocenters. The molecule has 2 atom stereocenters. The van der Waals surface area contributed by atoms with Crippen LogP contribution in [-0.4, -0.2) is 41.3 Å². The first-order chi connectivity index (χ1) is 6.84. The average molecular weight is 212 g/mol. The largest absolute Gasteiger partial charge is 0.372 e. The van der Waals surface area contributed by atoms with Crippen LogP contribution in [0, 0.1) is 0 Å². The Morgan fingerprint density at radius 2 is 1.93 bits per heavy atom. The molecule has 0 aromatic heterocycles. The Labute approximate surface area is 93.0 Å². The zero-order valence-electron chi connectivity index (χ0n) is 10.4. The van der Waals surface area contributed by atoms with Crippen LogP contribution in [0.1, 0.15) is 40.5 Å². The topological polar surface area (TPSA) is 41.8 Å². The zero-order chi connectivity index (χ0) is 11.3. The van der Waals surface area contributed by atoms with E-state index in [1.807, 2.05) is 0 Å². The highest BCUT2D eigenvalue weighted by molar-refractivity contribution is 5.04. The quantitative estimate of drug-likeness (QED) is 0.703. The van der Waals surface area contributed by atoms with E-state index in [0.29, 0.717) is 6.10 Å². The molecule has 0 saturated carbocycles. The predicted molar refractivity (Wildman–Crippen MR) is 61.8 cm³/mol. The van der Waals surface area contributed by atoms with E-state index in [2.05, 4.69) is 32.6 Å². The van der Waals surface area contributed by atoms with E-state index in [1.165, 1.54) is 6.42 Å². The summed E-state index contributed by atoms with van der Waals surface area (Å²) in [6, 6.07) is 0.282. The van der Waals surface area contributed by atoms with Gasteiger partial charge < -0.3 is 10.5 Å². The lowest BCUT2D eigenvalue weighted by atomic mass is 9.76. The molecule has 2 heterocycles. The predicted octanol–water partition coefficient (Wildman–Crippen LogP) is 1.37. The van der Waals surface area contributed by atoms with Crippen molar-refractivity contribution >= 4 is 0 Å². The summed E-state index contributed by atoms with van der Waals surface area (Å²) in [5.74, 6) is 0. The molecular formula is C12H24N2O. The average Bonchev–Trinajstić information content (AvgIpc) is 2.91. The Hall–Kier alpha value is -0.120. The molecule has 15 heavy (non-hydrogen) atoms. The van der Waals surface area contributed by atoms with E-state index in [9.17, 15) is 0 Å². The van der Waals surface area contributed by atoms with Crippen molar-refractivity contribution in [1.29, 1.82) is 0 Å². The van der Waals surface area contributed by atoms with Crippen LogP contribution in [-0.2, 0) is 4.74 Å². The molecule has 2 rings (SSSR count). The number of rotatable bonds is 2. The minimum atomic E-state index is 0.0910. The normalized spacial score (nSPS) is 39.0. The van der Waals surface area contributed by atoms with Gasteiger partial charge in [0.25, 0.3) is 0 Å². The summed E-state index contributed by atoms with van der Waals surface area (Å²) in [4.78, 5) is 2.55. The molecule has 2 fully saturated rings. The van der Waals surface area contributed by atoms with Crippen LogP contribution in [0.3, 0.4) is 0 Å². The van der Waals surface area contributed by atoms with Gasteiger partial charge in [-0.3, -0.25) is 4.90 Å². The summed E-state index contributed by atoms with van der Waals surface area (Å²) in [5, 5.41) is 0. The first kappa shape index (κ1) is 11.4. The zero-order valence-corrected chi connectivity index (χ0v) is 10.4. The molecule has 3 heteroatoms. The Morgan fingerprint density at radius 3 is 2.47 bits per heavy atom. The maximum Gasteiger partial charge on any atom is 0.0936 e. The Bertz CT molecular complexity index is 246. The van der Waals surface area contributed by atoms with Gasteiger partial charge in [0, 0.05) is 23.7 Å². The van der Waals surface area contributed by atoms with Gasteiger partial charge in [-0.15, -0.1) is 0 Å². The molecule has 2 aliphatic rings. The smallest absolute Gasteiger partial charge is 0.0936 e. The van der Waals surface area contributed by atoms with Gasteiger partial charge in [-0.1, -0.05) is 0 Å². The van der Waals surface area contributed by atoms with E-state index in [0.717, 1.165) is 19.6 Å². The first-order valence-electron chi connectivity index (χ1n) is 5.99. The third kappa shape index (κ3) is 2.05. The van der Waals surface area contributed by atoms with Crippen LogP contribution >= 0.6 is 0 Å². The number of hydrogen-bond donors (Lipinski definition) is 1. The summed E-state index contributed by atoms with van der Waals surface area (Å²) in [5.41, 5.74) is 6.58. The highest BCUT2D eigenvalue weighted by atomic mass is 16.6. The van der Waals surface area contributed by atoms with Crippen molar-refractivity contribution in [3.8, 4) is 0 Å². The van der Waals surface area contributed by atoms with Crippen molar-refractivity contribution < 1.29 is 4.74 Å². The third-order valence-electron chi connectivity index (χ3n) is 4.19. The van der Waals surface area contributed by atoms with E-state index in [4.69, 9.17) is 10.5 Å². The second-order valence-electron chi connectivity index (χ2n) is 6.18. The number of piperidine rings is 1. The SMILES string of the molecule is CC1(C)CCC(N)C(C)(C)N1CC1CO1. The highest BCUT2D eigenvalue weighted by Crippen LogP contribution is 2.38. The molecule has 3 nitrogen and oxygen atoms in total. The molecule has 0 aromatic rings. The number of nitrogens with two attached hydrogens (primary N) is 1. The molecule has 0 amide bonds. The summed E-state index contributed by atoms with van der Waals surface area (Å²) >= 11 is 0. The van der Waals surface area contributed by atoms with E-state index in [-0.39, 0.29) is 17.1 Å². The van der Waals surface area contributed by atoms with Crippen molar-refractivity contribution in [2.45, 2.75) is 63.8 Å². The standard InChI is InChI=1S/C12H24N2O/c1-11(2)6-5-10(13)12(3,4)14(11)7-9-8-15-9/h9-10H,5-8,13H2,1-4H3. The van der Waals surface area contributed by atoms with Crippen LogP contribution in [0.2, 0.25) is 0 Å². The van der Waals surface area contributed by atoms with Gasteiger partial charge in [0.1, 0.15) is 0 Å². The molecular weight excluding hydrogens is 188 g/mol. The van der Waals surface area contributed by atoms with Crippen LogP contribution in [0.5, 0.6) is 0 Å². The fourth-order valence-electron chi connectivity index (χ4n) is 2.84. The van der Waals surface area contributed by atoms with Gasteiger partial charge >= 0.3 is 0 Å². The molecule has 0 aromatic carbocycles. The number of hydrogen-bond acceptors (Lipinski definition) is 3. The van der Waals surface area contributed by atoms with Gasteiger partial charge in [0.15, 0.2) is 0 Å². The fourth-order valence-corrected chi connectivity index (χ4v) is 2.84. The Balaban J connectivity index is 2.16. The molecule has 2 N–H and O–H groups in total. The molecule has 0 radical (unpaired) electrons. The van der Waals surface area contributed by atoms with Crippen molar-refractivity contribution in [1.82, 2.24) is 4.90 Å². The number of nitrogens with zero attached hydrogens (tertiary/aromatic N) is 1. The summed E-state index contributed by atoms with van der Waals surface area (Å²) < 4.78 is 5.35. The number of epoxide rings is 1. The molecule has 2 saturated heterocycles. The molecule has 0 spiro atoms. The molecule has 88 valence electrons. The lowest BCUT2D eigenvalue weighted by Crippen LogP contribution is -2.67. The van der Waals surface area contributed by atoms with Gasteiger partial charge in [-0.25, -0.2) is 0 Å². The lowest BCUT2D eigenvalue weighted by molar-refractivity contribution is -0.0432. The minimum Gasteiger partial charge on any atom is -0.372 e. The third-order valence-corrected chi connectivity index (χ3v) is 4.19. The van der Waals surface area contributed by atoms with Crippen molar-refractivity contribution in [2.75, 3.05) is 13.2 Å². The van der Waals surface area contributed by atoms with Gasteiger partial charge in [0.2, 0.25) is 0 Å². The maximum absolute atomic E-state index is 6.24. The van der Waals surface area contributed by atoms with Gasteiger partial charge in [-0.2, -0.15) is 0 Å². The Morgan fingerprint density at radius 1 is 1.33 bits per heavy atom. The Kier molecular flexibility index (Phi) is 2.61. The summed E-state index contributed by atoms with van der Waals surface area (Å²) in [7, 11) is 0. The van der Waals surface area contributed by atoms with Crippen LogP contribution < -0.4 is 5.73 Å². The van der Waals surface area contributed by atoms with E-state index >= 15 is 0 Å². The first-order valence-corrected chi connectivity index (χ1v) is 5.99. The monoisotopic (exact) mass is 212 g/mol. The summed E-state index contributed by atoms with van der Waals surface area (Å²) in [6.07, 6.45) is 2.76. The van der Waals surface area contributed by atoms with Crippen LogP contribution in [0.15, 0.2) is 0 Å². The van der Waals surface area contributed by atoms with Crippen LogP contribution in [0.25, 0.3) is 0 Å². The van der Waals surface area contributed by atoms with Crippen molar-refractivity contribution in [3.05, 3.63) is 0 Å². The van der Waals surface area contributed by atoms with E-state index in [1.54, 1.807) is 0 Å². The summed E-state index contributed by atoms with van der Waals surface area (Å²) in [6.45, 7) is 11.1. The molecule has 2 aliphatic heterocycles. The maximum atomic E-state index is 6.24. The second-order valence-corrected chi connectivity index (χ2v) is 6.18. The lowest BCUT2D eigenvalue weighted by Gasteiger charge is -2.55. The second kappa shape index (κ2) is 3.44. The number of likely N-dealkylation sites (tertiary alicyclic amines) is 1. The van der Waals surface area contributed by atoms with Crippen LogP contribution in [0.4, 0.5) is 0 Å².